The van der Waals surface area contributed by atoms with Crippen LogP contribution >= 0.6 is 27.3 Å². The molecule has 62 valence electrons. The standard InChI is InChI=1S/C7H10BrNOS/c1-4(10)7(9)5-2-3-6(8)11-5/h2-4,7,10H,9H2,1H3/t4-,7-/m1/s1. The maximum absolute atomic E-state index is 9.15. The number of aliphatic hydroxyl groups excluding tert-OH is 1. The van der Waals surface area contributed by atoms with Crippen LogP contribution in [0.4, 0.5) is 0 Å². The number of hydrogen-bond acceptors (Lipinski definition) is 3. The zero-order valence-corrected chi connectivity index (χ0v) is 8.52. The second kappa shape index (κ2) is 3.67. The summed E-state index contributed by atoms with van der Waals surface area (Å²) in [5.74, 6) is 0. The lowest BCUT2D eigenvalue weighted by atomic mass is 10.2. The average molecular weight is 236 g/mol. The number of thiophene rings is 1. The van der Waals surface area contributed by atoms with Gasteiger partial charge in [0, 0.05) is 4.88 Å². The van der Waals surface area contributed by atoms with E-state index in [0.717, 1.165) is 8.66 Å². The van der Waals surface area contributed by atoms with Gasteiger partial charge in [-0.25, -0.2) is 0 Å². The zero-order valence-electron chi connectivity index (χ0n) is 6.12. The van der Waals surface area contributed by atoms with E-state index in [1.54, 1.807) is 18.3 Å². The third-order valence-corrected chi connectivity index (χ3v) is 3.17. The van der Waals surface area contributed by atoms with Gasteiger partial charge in [0.05, 0.1) is 15.9 Å². The Labute approximate surface area is 78.2 Å². The fourth-order valence-corrected chi connectivity index (χ4v) is 2.27. The van der Waals surface area contributed by atoms with E-state index in [1.807, 2.05) is 12.1 Å². The van der Waals surface area contributed by atoms with Crippen molar-refractivity contribution in [2.45, 2.75) is 19.1 Å². The molecule has 1 rings (SSSR count). The minimum absolute atomic E-state index is 0.258. The lowest BCUT2D eigenvalue weighted by Gasteiger charge is -2.11. The van der Waals surface area contributed by atoms with Crippen LogP contribution in [0.15, 0.2) is 15.9 Å². The van der Waals surface area contributed by atoms with Crippen molar-refractivity contribution in [3.63, 3.8) is 0 Å². The summed E-state index contributed by atoms with van der Waals surface area (Å²) in [5.41, 5.74) is 5.69. The summed E-state index contributed by atoms with van der Waals surface area (Å²) in [6.07, 6.45) is -0.486. The van der Waals surface area contributed by atoms with Crippen LogP contribution < -0.4 is 5.73 Å². The van der Waals surface area contributed by atoms with Crippen LogP contribution in [0.2, 0.25) is 0 Å². The highest BCUT2D eigenvalue weighted by molar-refractivity contribution is 9.11. The van der Waals surface area contributed by atoms with Gasteiger partial charge in [-0.15, -0.1) is 11.3 Å². The fraction of sp³-hybridized carbons (Fsp3) is 0.429. The van der Waals surface area contributed by atoms with Gasteiger partial charge < -0.3 is 10.8 Å². The van der Waals surface area contributed by atoms with Crippen molar-refractivity contribution in [1.29, 1.82) is 0 Å². The van der Waals surface area contributed by atoms with Gasteiger partial charge >= 0.3 is 0 Å². The third kappa shape index (κ3) is 2.27. The van der Waals surface area contributed by atoms with Crippen LogP contribution in [-0.4, -0.2) is 11.2 Å². The van der Waals surface area contributed by atoms with Gasteiger partial charge in [-0.05, 0) is 35.0 Å². The number of hydrogen-bond donors (Lipinski definition) is 2. The SMILES string of the molecule is C[C@@H](O)[C@@H](N)c1ccc(Br)s1. The van der Waals surface area contributed by atoms with E-state index < -0.39 is 6.10 Å². The van der Waals surface area contributed by atoms with Crippen LogP contribution in [0.1, 0.15) is 17.8 Å². The normalized spacial score (nSPS) is 16.4. The molecular formula is C7H10BrNOS. The van der Waals surface area contributed by atoms with Crippen LogP contribution in [0, 0.1) is 0 Å². The Balaban J connectivity index is 2.76. The monoisotopic (exact) mass is 235 g/mol. The molecule has 0 radical (unpaired) electrons. The number of rotatable bonds is 2. The molecular weight excluding hydrogens is 226 g/mol. The molecule has 2 atom stereocenters. The first kappa shape index (κ1) is 9.19. The van der Waals surface area contributed by atoms with E-state index in [9.17, 15) is 0 Å². The highest BCUT2D eigenvalue weighted by Gasteiger charge is 2.13. The Morgan fingerprint density at radius 2 is 2.27 bits per heavy atom. The quantitative estimate of drug-likeness (QED) is 0.823. The van der Waals surface area contributed by atoms with Gasteiger partial charge in [0.1, 0.15) is 0 Å². The van der Waals surface area contributed by atoms with Crippen molar-refractivity contribution in [3.8, 4) is 0 Å². The predicted octanol–water partition coefficient (Wildman–Crippen LogP) is 1.89. The first-order valence-electron chi connectivity index (χ1n) is 3.30. The Morgan fingerprint density at radius 3 is 2.64 bits per heavy atom. The molecule has 2 nitrogen and oxygen atoms in total. The van der Waals surface area contributed by atoms with E-state index in [0.29, 0.717) is 0 Å². The second-order valence-corrected chi connectivity index (χ2v) is 4.90. The molecule has 1 aromatic heterocycles. The highest BCUT2D eigenvalue weighted by Crippen LogP contribution is 2.27. The summed E-state index contributed by atoms with van der Waals surface area (Å²) in [6.45, 7) is 1.69. The molecule has 4 heteroatoms. The highest BCUT2D eigenvalue weighted by atomic mass is 79.9. The molecule has 0 amide bonds. The van der Waals surface area contributed by atoms with Crippen LogP contribution in [0.3, 0.4) is 0 Å². The average Bonchev–Trinajstić information content (AvgIpc) is 2.34. The lowest BCUT2D eigenvalue weighted by molar-refractivity contribution is 0.165. The van der Waals surface area contributed by atoms with E-state index in [1.165, 1.54) is 0 Å². The topological polar surface area (TPSA) is 46.2 Å². The Hall–Kier alpha value is 0.1000. The lowest BCUT2D eigenvalue weighted by Crippen LogP contribution is -2.21. The minimum atomic E-state index is -0.486. The molecule has 1 heterocycles. The van der Waals surface area contributed by atoms with E-state index in [4.69, 9.17) is 10.8 Å². The molecule has 0 aliphatic heterocycles. The van der Waals surface area contributed by atoms with E-state index >= 15 is 0 Å². The molecule has 0 saturated heterocycles. The van der Waals surface area contributed by atoms with Crippen molar-refractivity contribution in [1.82, 2.24) is 0 Å². The maximum atomic E-state index is 9.15. The molecule has 1 aromatic rings. The third-order valence-electron chi connectivity index (χ3n) is 1.44. The predicted molar refractivity (Wildman–Crippen MR) is 50.6 cm³/mol. The Kier molecular flexibility index (Phi) is 3.06. The summed E-state index contributed by atoms with van der Waals surface area (Å²) in [4.78, 5) is 1.01. The summed E-state index contributed by atoms with van der Waals surface area (Å²) in [5, 5.41) is 9.15. The summed E-state index contributed by atoms with van der Waals surface area (Å²) < 4.78 is 1.05. The number of halogens is 1. The van der Waals surface area contributed by atoms with Gasteiger partial charge in [-0.1, -0.05) is 0 Å². The molecule has 0 bridgehead atoms. The Bertz CT molecular complexity index is 236. The van der Waals surface area contributed by atoms with Crippen molar-refractivity contribution in [2.75, 3.05) is 0 Å². The molecule has 0 spiro atoms. The fourth-order valence-electron chi connectivity index (χ4n) is 0.745. The molecule has 0 aliphatic carbocycles. The van der Waals surface area contributed by atoms with E-state index in [2.05, 4.69) is 15.9 Å². The van der Waals surface area contributed by atoms with Crippen LogP contribution in [0.25, 0.3) is 0 Å². The molecule has 11 heavy (non-hydrogen) atoms. The molecule has 0 unspecified atom stereocenters. The molecule has 0 aromatic carbocycles. The summed E-state index contributed by atoms with van der Waals surface area (Å²) in [7, 11) is 0. The zero-order chi connectivity index (χ0) is 8.43. The molecule has 0 saturated carbocycles. The largest absolute Gasteiger partial charge is 0.391 e. The number of nitrogens with two attached hydrogens (primary N) is 1. The van der Waals surface area contributed by atoms with Gasteiger partial charge in [0.25, 0.3) is 0 Å². The first-order chi connectivity index (χ1) is 5.11. The smallest absolute Gasteiger partial charge is 0.0712 e. The molecule has 3 N–H and O–H groups in total. The van der Waals surface area contributed by atoms with Crippen LogP contribution in [0.5, 0.6) is 0 Å². The number of aliphatic hydroxyl groups is 1. The minimum Gasteiger partial charge on any atom is -0.391 e. The molecule has 0 aliphatic rings. The Morgan fingerprint density at radius 1 is 1.64 bits per heavy atom. The molecule has 0 fully saturated rings. The van der Waals surface area contributed by atoms with Crippen molar-refractivity contribution < 1.29 is 5.11 Å². The van der Waals surface area contributed by atoms with Crippen LogP contribution in [-0.2, 0) is 0 Å². The second-order valence-electron chi connectivity index (χ2n) is 2.41. The van der Waals surface area contributed by atoms with Gasteiger partial charge in [-0.3, -0.25) is 0 Å². The van der Waals surface area contributed by atoms with Crippen molar-refractivity contribution in [2.24, 2.45) is 5.73 Å². The van der Waals surface area contributed by atoms with Crippen molar-refractivity contribution >= 4 is 27.3 Å². The maximum Gasteiger partial charge on any atom is 0.0712 e. The van der Waals surface area contributed by atoms with Crippen molar-refractivity contribution in [3.05, 3.63) is 20.8 Å². The van der Waals surface area contributed by atoms with E-state index in [-0.39, 0.29) is 6.04 Å². The van der Waals surface area contributed by atoms with Gasteiger partial charge in [0.15, 0.2) is 0 Å². The van der Waals surface area contributed by atoms with Gasteiger partial charge in [-0.2, -0.15) is 0 Å². The van der Waals surface area contributed by atoms with Gasteiger partial charge in [0.2, 0.25) is 0 Å². The first-order valence-corrected chi connectivity index (χ1v) is 4.91. The summed E-state index contributed by atoms with van der Waals surface area (Å²) >= 11 is 4.89. The summed E-state index contributed by atoms with van der Waals surface area (Å²) in [6, 6.07) is 3.60.